The molecule has 170 valence electrons. The summed E-state index contributed by atoms with van der Waals surface area (Å²) < 4.78 is 20.3. The molecule has 0 bridgehead atoms. The van der Waals surface area contributed by atoms with Gasteiger partial charge in [0.1, 0.15) is 0 Å². The molecule has 2 N–H and O–H groups in total. The van der Waals surface area contributed by atoms with Crippen LogP contribution in [0.15, 0.2) is 36.5 Å². The van der Waals surface area contributed by atoms with Crippen molar-refractivity contribution in [3.05, 3.63) is 58.5 Å². The predicted octanol–water partition coefficient (Wildman–Crippen LogP) is 4.46. The molecule has 7 nitrogen and oxygen atoms in total. The van der Waals surface area contributed by atoms with Crippen LogP contribution >= 0.6 is 11.6 Å². The Morgan fingerprint density at radius 1 is 1.24 bits per heavy atom. The second kappa shape index (κ2) is 8.61. The molecule has 5 rings (SSSR count). The van der Waals surface area contributed by atoms with Gasteiger partial charge in [0.25, 0.3) is 5.91 Å². The van der Waals surface area contributed by atoms with E-state index in [1.54, 1.807) is 6.07 Å². The number of benzene rings is 2. The van der Waals surface area contributed by atoms with Crippen molar-refractivity contribution < 1.29 is 13.9 Å². The number of rotatable bonds is 4. The summed E-state index contributed by atoms with van der Waals surface area (Å²) in [5.41, 5.74) is 4.57. The summed E-state index contributed by atoms with van der Waals surface area (Å²) in [5.74, 6) is -0.415. The van der Waals surface area contributed by atoms with Crippen molar-refractivity contribution >= 4 is 34.8 Å². The molecule has 0 radical (unpaired) electrons. The normalized spacial score (nSPS) is 15.2. The second-order valence-electron chi connectivity index (χ2n) is 8.38. The molecule has 0 aliphatic carbocycles. The maximum atomic E-state index is 14.9. The number of hydrogen-bond acceptors (Lipinski definition) is 6. The number of carbonyl (C=O) groups is 1. The molecule has 9 heteroatoms. The van der Waals surface area contributed by atoms with E-state index in [0.717, 1.165) is 25.2 Å². The van der Waals surface area contributed by atoms with Crippen LogP contribution in [0.3, 0.4) is 0 Å². The molecule has 1 aromatic heterocycles. The topological polar surface area (TPSA) is 79.4 Å². The molecule has 2 aliphatic rings. The lowest BCUT2D eigenvalue weighted by Crippen LogP contribution is -2.43. The highest BCUT2D eigenvalue weighted by Gasteiger charge is 2.31. The van der Waals surface area contributed by atoms with E-state index >= 15 is 0 Å². The Labute approximate surface area is 195 Å². The SMILES string of the molecule is CC(C)N1C(=O)COc2c(F)cc(-c3nc(Nc4ccc5c(c4)CNCC5)ncc3Cl)cc21. The van der Waals surface area contributed by atoms with Crippen molar-refractivity contribution in [2.24, 2.45) is 0 Å². The Morgan fingerprint density at radius 2 is 2.09 bits per heavy atom. The van der Waals surface area contributed by atoms with Gasteiger partial charge >= 0.3 is 0 Å². The van der Waals surface area contributed by atoms with Crippen LogP contribution in [-0.2, 0) is 17.8 Å². The Hall–Kier alpha value is -3.23. The first-order valence-electron chi connectivity index (χ1n) is 10.8. The predicted molar refractivity (Wildman–Crippen MR) is 126 cm³/mol. The lowest BCUT2D eigenvalue weighted by molar-refractivity contribution is -0.121. The average Bonchev–Trinajstić information content (AvgIpc) is 2.79. The first kappa shape index (κ1) is 21.6. The molecule has 0 spiro atoms. The van der Waals surface area contributed by atoms with Crippen molar-refractivity contribution in [1.29, 1.82) is 0 Å². The van der Waals surface area contributed by atoms with Crippen molar-refractivity contribution in [1.82, 2.24) is 15.3 Å². The molecule has 3 heterocycles. The molecule has 0 fully saturated rings. The smallest absolute Gasteiger partial charge is 0.265 e. The van der Waals surface area contributed by atoms with Crippen molar-refractivity contribution in [2.75, 3.05) is 23.4 Å². The van der Waals surface area contributed by atoms with Gasteiger partial charge < -0.3 is 20.3 Å². The summed E-state index contributed by atoms with van der Waals surface area (Å²) in [6, 6.07) is 9.00. The highest BCUT2D eigenvalue weighted by atomic mass is 35.5. The Bertz CT molecular complexity index is 1250. The van der Waals surface area contributed by atoms with Gasteiger partial charge in [0.15, 0.2) is 18.2 Å². The first-order valence-corrected chi connectivity index (χ1v) is 11.2. The highest BCUT2D eigenvalue weighted by molar-refractivity contribution is 6.33. The van der Waals surface area contributed by atoms with Gasteiger partial charge in [-0.15, -0.1) is 0 Å². The minimum absolute atomic E-state index is 0.0539. The Kier molecular flexibility index (Phi) is 5.64. The lowest BCUT2D eigenvalue weighted by Gasteiger charge is -2.33. The van der Waals surface area contributed by atoms with E-state index in [1.165, 1.54) is 28.3 Å². The number of anilines is 3. The fourth-order valence-electron chi connectivity index (χ4n) is 4.26. The summed E-state index contributed by atoms with van der Waals surface area (Å²) in [5, 5.41) is 6.85. The van der Waals surface area contributed by atoms with Gasteiger partial charge in [-0.2, -0.15) is 0 Å². The minimum Gasteiger partial charge on any atom is -0.478 e. The number of aromatic nitrogens is 2. The molecule has 0 atom stereocenters. The third-order valence-corrected chi connectivity index (χ3v) is 6.05. The van der Waals surface area contributed by atoms with E-state index in [-0.39, 0.29) is 29.3 Å². The molecular weight excluding hydrogens is 445 g/mol. The molecule has 2 aliphatic heterocycles. The molecule has 3 aromatic rings. The van der Waals surface area contributed by atoms with Crippen LogP contribution in [-0.4, -0.2) is 35.1 Å². The van der Waals surface area contributed by atoms with Crippen LogP contribution in [0.5, 0.6) is 5.75 Å². The van der Waals surface area contributed by atoms with Gasteiger partial charge in [-0.25, -0.2) is 14.4 Å². The first-order chi connectivity index (χ1) is 15.9. The number of fused-ring (bicyclic) bond motifs is 2. The number of halogens is 2. The van der Waals surface area contributed by atoms with E-state index in [4.69, 9.17) is 16.3 Å². The standard InChI is InChI=1S/C24H23ClFN5O2/c1-13(2)31-20-9-15(8-19(26)23(20)33-12-21(31)32)22-18(25)11-28-24(30-22)29-17-4-3-14-5-6-27-10-16(14)7-17/h3-4,7-9,11,13,27H,5-6,10,12H2,1-2H3,(H,28,29,30). The fourth-order valence-corrected chi connectivity index (χ4v) is 4.46. The van der Waals surface area contributed by atoms with Crippen LogP contribution in [0.25, 0.3) is 11.3 Å². The Morgan fingerprint density at radius 3 is 2.91 bits per heavy atom. The van der Waals surface area contributed by atoms with Gasteiger partial charge in [-0.3, -0.25) is 4.79 Å². The van der Waals surface area contributed by atoms with Crippen LogP contribution in [0.1, 0.15) is 25.0 Å². The quantitative estimate of drug-likeness (QED) is 0.589. The third kappa shape index (κ3) is 4.12. The van der Waals surface area contributed by atoms with Gasteiger partial charge in [-0.05, 0) is 62.2 Å². The summed E-state index contributed by atoms with van der Waals surface area (Å²) in [6.45, 7) is 5.33. The van der Waals surface area contributed by atoms with Gasteiger partial charge in [-0.1, -0.05) is 17.7 Å². The fraction of sp³-hybridized carbons (Fsp3) is 0.292. The lowest BCUT2D eigenvalue weighted by atomic mass is 10.0. The van der Waals surface area contributed by atoms with Crippen molar-refractivity contribution in [2.45, 2.75) is 32.9 Å². The maximum absolute atomic E-state index is 14.9. The van der Waals surface area contributed by atoms with Gasteiger partial charge in [0.2, 0.25) is 5.95 Å². The number of ether oxygens (including phenoxy) is 1. The molecule has 2 aromatic carbocycles. The molecule has 0 saturated carbocycles. The Balaban J connectivity index is 1.51. The number of nitrogens with one attached hydrogen (secondary N) is 2. The zero-order valence-electron chi connectivity index (χ0n) is 18.3. The van der Waals surface area contributed by atoms with E-state index in [0.29, 0.717) is 22.9 Å². The van der Waals surface area contributed by atoms with E-state index in [1.807, 2.05) is 19.9 Å². The summed E-state index contributed by atoms with van der Waals surface area (Å²) in [4.78, 5) is 22.8. The monoisotopic (exact) mass is 467 g/mol. The zero-order valence-corrected chi connectivity index (χ0v) is 19.0. The summed E-state index contributed by atoms with van der Waals surface area (Å²) in [7, 11) is 0. The molecule has 0 saturated heterocycles. The number of hydrogen-bond donors (Lipinski definition) is 2. The number of carbonyl (C=O) groups excluding carboxylic acids is 1. The van der Waals surface area contributed by atoms with Crippen LogP contribution in [0.4, 0.5) is 21.7 Å². The van der Waals surface area contributed by atoms with Gasteiger partial charge in [0.05, 0.1) is 22.6 Å². The number of nitrogens with zero attached hydrogens (tertiary/aromatic N) is 3. The summed E-state index contributed by atoms with van der Waals surface area (Å²) >= 11 is 6.40. The van der Waals surface area contributed by atoms with E-state index in [9.17, 15) is 9.18 Å². The highest BCUT2D eigenvalue weighted by Crippen LogP contribution is 2.40. The number of amides is 1. The molecule has 1 amide bonds. The second-order valence-corrected chi connectivity index (χ2v) is 8.79. The average molecular weight is 468 g/mol. The molecule has 0 unspecified atom stereocenters. The maximum Gasteiger partial charge on any atom is 0.265 e. The van der Waals surface area contributed by atoms with E-state index in [2.05, 4.69) is 32.7 Å². The van der Waals surface area contributed by atoms with Crippen LogP contribution < -0.4 is 20.3 Å². The minimum atomic E-state index is -0.577. The van der Waals surface area contributed by atoms with Crippen molar-refractivity contribution in [3.8, 4) is 17.0 Å². The van der Waals surface area contributed by atoms with E-state index < -0.39 is 5.82 Å². The van der Waals surface area contributed by atoms with Crippen LogP contribution in [0.2, 0.25) is 5.02 Å². The third-order valence-electron chi connectivity index (χ3n) is 5.78. The zero-order chi connectivity index (χ0) is 23.1. The molecule has 33 heavy (non-hydrogen) atoms. The summed E-state index contributed by atoms with van der Waals surface area (Å²) in [6.07, 6.45) is 2.48. The van der Waals surface area contributed by atoms with Crippen LogP contribution in [0, 0.1) is 5.82 Å². The largest absolute Gasteiger partial charge is 0.478 e. The van der Waals surface area contributed by atoms with Gasteiger partial charge in [0, 0.05) is 23.8 Å². The van der Waals surface area contributed by atoms with Crippen molar-refractivity contribution in [3.63, 3.8) is 0 Å². The molecular formula is C24H23ClFN5O2.